The first kappa shape index (κ1) is 11.8. The van der Waals surface area contributed by atoms with Crippen molar-refractivity contribution in [2.24, 2.45) is 5.92 Å². The lowest BCUT2D eigenvalue weighted by Gasteiger charge is -2.17. The van der Waals surface area contributed by atoms with Crippen LogP contribution in [-0.4, -0.2) is 18.7 Å². The van der Waals surface area contributed by atoms with Crippen LogP contribution in [0.1, 0.15) is 27.2 Å². The van der Waals surface area contributed by atoms with Crippen LogP contribution in [0.3, 0.4) is 0 Å². The molecule has 0 aromatic rings. The van der Waals surface area contributed by atoms with Crippen molar-refractivity contribution < 1.29 is 14.3 Å². The second kappa shape index (κ2) is 6.30. The van der Waals surface area contributed by atoms with Gasteiger partial charge in [-0.15, -0.1) is 0 Å². The predicted molar refractivity (Wildman–Crippen MR) is 46.6 cm³/mol. The van der Waals surface area contributed by atoms with Crippen molar-refractivity contribution in [2.75, 3.05) is 6.61 Å². The molecule has 0 aliphatic carbocycles. The highest BCUT2D eigenvalue weighted by atomic mass is 16.6. The van der Waals surface area contributed by atoms with E-state index in [2.05, 4.69) is 4.74 Å². The summed E-state index contributed by atoms with van der Waals surface area (Å²) in [4.78, 5) is 11.2. The number of carbonyl (C=O) groups is 1. The molecule has 0 N–H and O–H groups in total. The number of carbonyl (C=O) groups excluding carboxylic acids is 1. The van der Waals surface area contributed by atoms with Gasteiger partial charge in [0.05, 0.1) is 6.61 Å². The SMILES string of the molecule is CCOC(=O)C(OC#N)C(C)CC. The van der Waals surface area contributed by atoms with Crippen molar-refractivity contribution >= 4 is 5.97 Å². The number of nitriles is 1. The third kappa shape index (κ3) is 3.79. The topological polar surface area (TPSA) is 59.3 Å². The van der Waals surface area contributed by atoms with Gasteiger partial charge in [0, 0.05) is 5.92 Å². The predicted octanol–water partition coefficient (Wildman–Crippen LogP) is 1.46. The maximum Gasteiger partial charge on any atom is 0.348 e. The van der Waals surface area contributed by atoms with E-state index in [1.54, 1.807) is 6.92 Å². The van der Waals surface area contributed by atoms with Gasteiger partial charge in [-0.3, -0.25) is 0 Å². The zero-order valence-electron chi connectivity index (χ0n) is 8.24. The Balaban J connectivity index is 4.24. The molecule has 0 saturated heterocycles. The first-order chi connectivity index (χ1) is 6.17. The van der Waals surface area contributed by atoms with Crippen LogP contribution in [0.15, 0.2) is 0 Å². The number of ether oxygens (including phenoxy) is 2. The molecule has 0 aromatic heterocycles. The second-order valence-corrected chi connectivity index (χ2v) is 2.77. The van der Waals surface area contributed by atoms with E-state index in [9.17, 15) is 4.79 Å². The summed E-state index contributed by atoms with van der Waals surface area (Å²) in [6.45, 7) is 5.80. The highest BCUT2D eigenvalue weighted by Gasteiger charge is 2.26. The van der Waals surface area contributed by atoms with Crippen molar-refractivity contribution in [1.82, 2.24) is 0 Å². The molecule has 2 unspecified atom stereocenters. The number of hydrogen-bond donors (Lipinski definition) is 0. The fourth-order valence-corrected chi connectivity index (χ4v) is 0.892. The Morgan fingerprint density at radius 2 is 2.15 bits per heavy atom. The Kier molecular flexibility index (Phi) is 5.69. The number of nitrogens with zero attached hydrogens (tertiary/aromatic N) is 1. The first-order valence-electron chi connectivity index (χ1n) is 4.38. The van der Waals surface area contributed by atoms with Crippen molar-refractivity contribution in [3.8, 4) is 6.26 Å². The van der Waals surface area contributed by atoms with E-state index in [1.165, 1.54) is 6.26 Å². The average molecular weight is 185 g/mol. The number of rotatable bonds is 5. The molecule has 0 aromatic carbocycles. The van der Waals surface area contributed by atoms with Crippen molar-refractivity contribution in [3.05, 3.63) is 0 Å². The van der Waals surface area contributed by atoms with Gasteiger partial charge in [-0.25, -0.2) is 4.79 Å². The fraction of sp³-hybridized carbons (Fsp3) is 0.778. The van der Waals surface area contributed by atoms with E-state index in [4.69, 9.17) is 10.00 Å². The summed E-state index contributed by atoms with van der Waals surface area (Å²) < 4.78 is 9.40. The van der Waals surface area contributed by atoms with E-state index in [-0.39, 0.29) is 5.92 Å². The molecule has 74 valence electrons. The highest BCUT2D eigenvalue weighted by molar-refractivity contribution is 5.75. The Morgan fingerprint density at radius 1 is 1.54 bits per heavy atom. The van der Waals surface area contributed by atoms with Gasteiger partial charge in [0.2, 0.25) is 6.10 Å². The molecule has 13 heavy (non-hydrogen) atoms. The van der Waals surface area contributed by atoms with Gasteiger partial charge in [-0.2, -0.15) is 5.26 Å². The Labute approximate surface area is 78.4 Å². The van der Waals surface area contributed by atoms with Crippen LogP contribution in [0.2, 0.25) is 0 Å². The lowest BCUT2D eigenvalue weighted by Crippen LogP contribution is -2.31. The van der Waals surface area contributed by atoms with E-state index in [0.717, 1.165) is 6.42 Å². The molecule has 0 rings (SSSR count). The molecule has 4 nitrogen and oxygen atoms in total. The molecule has 4 heteroatoms. The van der Waals surface area contributed by atoms with E-state index >= 15 is 0 Å². The van der Waals surface area contributed by atoms with Crippen molar-refractivity contribution in [2.45, 2.75) is 33.3 Å². The largest absolute Gasteiger partial charge is 0.463 e. The molecule has 0 saturated carbocycles. The summed E-state index contributed by atoms with van der Waals surface area (Å²) in [5.74, 6) is -0.461. The summed E-state index contributed by atoms with van der Waals surface area (Å²) in [5.41, 5.74) is 0. The number of esters is 1. The van der Waals surface area contributed by atoms with Gasteiger partial charge >= 0.3 is 5.97 Å². The molecule has 0 bridgehead atoms. The molecule has 0 amide bonds. The summed E-state index contributed by atoms with van der Waals surface area (Å²) in [7, 11) is 0. The third-order valence-corrected chi connectivity index (χ3v) is 1.86. The Morgan fingerprint density at radius 3 is 2.54 bits per heavy atom. The van der Waals surface area contributed by atoms with Crippen LogP contribution in [0.5, 0.6) is 0 Å². The lowest BCUT2D eigenvalue weighted by atomic mass is 10.0. The lowest BCUT2D eigenvalue weighted by molar-refractivity contribution is -0.155. The van der Waals surface area contributed by atoms with E-state index in [0.29, 0.717) is 6.61 Å². The van der Waals surface area contributed by atoms with Gasteiger partial charge in [0.15, 0.2) is 0 Å². The highest BCUT2D eigenvalue weighted by Crippen LogP contribution is 2.12. The minimum atomic E-state index is -0.755. The normalized spacial score (nSPS) is 14.0. The monoisotopic (exact) mass is 185 g/mol. The Hall–Kier alpha value is -1.24. The molecule has 0 fully saturated rings. The van der Waals surface area contributed by atoms with E-state index < -0.39 is 12.1 Å². The van der Waals surface area contributed by atoms with Gasteiger partial charge in [0.25, 0.3) is 6.26 Å². The molecule has 0 aliphatic heterocycles. The smallest absolute Gasteiger partial charge is 0.348 e. The summed E-state index contributed by atoms with van der Waals surface area (Å²) in [5, 5.41) is 8.32. The molecule has 0 heterocycles. The first-order valence-corrected chi connectivity index (χ1v) is 4.38. The zero-order valence-corrected chi connectivity index (χ0v) is 8.24. The van der Waals surface area contributed by atoms with Gasteiger partial charge < -0.3 is 9.47 Å². The van der Waals surface area contributed by atoms with Gasteiger partial charge in [0.1, 0.15) is 0 Å². The summed E-state index contributed by atoms with van der Waals surface area (Å²) in [6, 6.07) is 0. The maximum absolute atomic E-state index is 11.2. The summed E-state index contributed by atoms with van der Waals surface area (Å²) >= 11 is 0. The van der Waals surface area contributed by atoms with Gasteiger partial charge in [-0.05, 0) is 13.3 Å². The molecule has 2 atom stereocenters. The Bertz CT molecular complexity index is 198. The maximum atomic E-state index is 11.2. The average Bonchev–Trinajstić information content (AvgIpc) is 2.13. The molecule has 0 spiro atoms. The van der Waals surface area contributed by atoms with E-state index in [1.807, 2.05) is 13.8 Å². The van der Waals surface area contributed by atoms with Crippen molar-refractivity contribution in [1.29, 1.82) is 5.26 Å². The number of hydrogen-bond acceptors (Lipinski definition) is 4. The second-order valence-electron chi connectivity index (χ2n) is 2.77. The molecule has 0 aliphatic rings. The molecule has 0 radical (unpaired) electrons. The molecular weight excluding hydrogens is 170 g/mol. The van der Waals surface area contributed by atoms with Crippen molar-refractivity contribution in [3.63, 3.8) is 0 Å². The minimum Gasteiger partial charge on any atom is -0.463 e. The zero-order chi connectivity index (χ0) is 10.3. The standard InChI is InChI=1S/C9H15NO3/c1-4-7(3)8(13-6-10)9(11)12-5-2/h7-8H,4-5H2,1-3H3. The van der Waals surface area contributed by atoms with Crippen LogP contribution in [0.25, 0.3) is 0 Å². The van der Waals surface area contributed by atoms with Crippen LogP contribution in [-0.2, 0) is 14.3 Å². The van der Waals surface area contributed by atoms with Gasteiger partial charge in [-0.1, -0.05) is 13.8 Å². The van der Waals surface area contributed by atoms with Crippen LogP contribution in [0, 0.1) is 17.4 Å². The fourth-order valence-electron chi connectivity index (χ4n) is 0.892. The van der Waals surface area contributed by atoms with Crippen LogP contribution < -0.4 is 0 Å². The third-order valence-electron chi connectivity index (χ3n) is 1.86. The molecular formula is C9H15NO3. The van der Waals surface area contributed by atoms with Crippen LogP contribution in [0.4, 0.5) is 0 Å². The van der Waals surface area contributed by atoms with Crippen LogP contribution >= 0.6 is 0 Å². The summed E-state index contributed by atoms with van der Waals surface area (Å²) in [6.07, 6.45) is 1.54. The minimum absolute atomic E-state index is 0.00120. The quantitative estimate of drug-likeness (QED) is 0.480.